The molecule has 0 N–H and O–H groups in total. The molecule has 6 nitrogen and oxygen atoms in total. The highest BCUT2D eigenvalue weighted by molar-refractivity contribution is 7.84. The second-order valence-corrected chi connectivity index (χ2v) is 8.60. The zero-order valence-electron chi connectivity index (χ0n) is 14.6. The number of benzene rings is 1. The van der Waals surface area contributed by atoms with E-state index in [0.29, 0.717) is 24.6 Å². The SMILES string of the molecule is COc1cc(C#N)ccc1OS(=O)(=O)N1CCC(C(C)(C)C)CC1. The van der Waals surface area contributed by atoms with Crippen LogP contribution in [0.1, 0.15) is 39.2 Å². The summed E-state index contributed by atoms with van der Waals surface area (Å²) in [6, 6.07) is 6.37. The molecule has 1 fully saturated rings. The van der Waals surface area contributed by atoms with Crippen molar-refractivity contribution >= 4 is 10.3 Å². The average Bonchev–Trinajstić information content (AvgIpc) is 2.54. The van der Waals surface area contributed by atoms with Gasteiger partial charge in [-0.15, -0.1) is 0 Å². The Morgan fingerprint density at radius 2 is 1.83 bits per heavy atom. The van der Waals surface area contributed by atoms with Crippen LogP contribution < -0.4 is 8.92 Å². The van der Waals surface area contributed by atoms with E-state index in [1.165, 1.54) is 29.6 Å². The zero-order valence-corrected chi connectivity index (χ0v) is 15.4. The first-order valence-electron chi connectivity index (χ1n) is 7.95. The zero-order chi connectivity index (χ0) is 18.0. The molecule has 0 saturated carbocycles. The van der Waals surface area contributed by atoms with Gasteiger partial charge in [-0.1, -0.05) is 20.8 Å². The van der Waals surface area contributed by atoms with Crippen LogP contribution in [0, 0.1) is 22.7 Å². The predicted octanol–water partition coefficient (Wildman–Crippen LogP) is 2.95. The molecular weight excluding hydrogens is 328 g/mol. The highest BCUT2D eigenvalue weighted by Gasteiger charge is 2.34. The minimum absolute atomic E-state index is 0.0921. The fourth-order valence-corrected chi connectivity index (χ4v) is 4.05. The Kier molecular flexibility index (Phi) is 5.41. The molecule has 0 unspecified atom stereocenters. The highest BCUT2D eigenvalue weighted by atomic mass is 32.2. The Bertz CT molecular complexity index is 724. The van der Waals surface area contributed by atoms with Crippen molar-refractivity contribution in [3.63, 3.8) is 0 Å². The van der Waals surface area contributed by atoms with Crippen LogP contribution in [0.5, 0.6) is 11.5 Å². The summed E-state index contributed by atoms with van der Waals surface area (Å²) in [7, 11) is -2.48. The van der Waals surface area contributed by atoms with E-state index in [2.05, 4.69) is 20.8 Å². The Hall–Kier alpha value is -1.78. The number of methoxy groups -OCH3 is 1. The average molecular weight is 352 g/mol. The van der Waals surface area contributed by atoms with Crippen molar-refractivity contribution in [2.45, 2.75) is 33.6 Å². The van der Waals surface area contributed by atoms with Gasteiger partial charge in [-0.3, -0.25) is 0 Å². The van der Waals surface area contributed by atoms with Gasteiger partial charge in [0.25, 0.3) is 0 Å². The minimum atomic E-state index is -3.89. The van der Waals surface area contributed by atoms with Gasteiger partial charge >= 0.3 is 10.3 Å². The van der Waals surface area contributed by atoms with Gasteiger partial charge < -0.3 is 8.92 Å². The fourth-order valence-electron chi connectivity index (χ4n) is 2.92. The molecule has 1 aromatic carbocycles. The van der Waals surface area contributed by atoms with E-state index in [4.69, 9.17) is 14.2 Å². The van der Waals surface area contributed by atoms with E-state index in [-0.39, 0.29) is 16.9 Å². The van der Waals surface area contributed by atoms with E-state index in [0.717, 1.165) is 12.8 Å². The lowest BCUT2D eigenvalue weighted by atomic mass is 9.76. The van der Waals surface area contributed by atoms with Crippen molar-refractivity contribution in [3.05, 3.63) is 23.8 Å². The third-order valence-electron chi connectivity index (χ3n) is 4.48. The molecule has 0 spiro atoms. The van der Waals surface area contributed by atoms with Crippen molar-refractivity contribution in [2.24, 2.45) is 11.3 Å². The first-order valence-corrected chi connectivity index (χ1v) is 9.31. The van der Waals surface area contributed by atoms with Gasteiger partial charge in [-0.05, 0) is 36.3 Å². The van der Waals surface area contributed by atoms with E-state index >= 15 is 0 Å². The number of hydrogen-bond acceptors (Lipinski definition) is 5. The monoisotopic (exact) mass is 352 g/mol. The topological polar surface area (TPSA) is 79.6 Å². The molecule has 1 saturated heterocycles. The summed E-state index contributed by atoms with van der Waals surface area (Å²) in [5.41, 5.74) is 0.551. The Labute approximate surface area is 144 Å². The molecule has 1 aliphatic heterocycles. The van der Waals surface area contributed by atoms with Crippen LogP contribution in [0.25, 0.3) is 0 Å². The molecule has 2 rings (SSSR count). The summed E-state index contributed by atoms with van der Waals surface area (Å²) in [6.07, 6.45) is 1.63. The van der Waals surface area contributed by atoms with Crippen molar-refractivity contribution in [2.75, 3.05) is 20.2 Å². The van der Waals surface area contributed by atoms with Gasteiger partial charge in [0.05, 0.1) is 18.7 Å². The molecule has 0 atom stereocenters. The van der Waals surface area contributed by atoms with Gasteiger partial charge in [-0.25, -0.2) is 0 Å². The summed E-state index contributed by atoms with van der Waals surface area (Å²) in [5, 5.41) is 8.90. The predicted molar refractivity (Wildman–Crippen MR) is 91.0 cm³/mol. The second kappa shape index (κ2) is 6.99. The summed E-state index contributed by atoms with van der Waals surface area (Å²) in [6.45, 7) is 7.44. The first-order chi connectivity index (χ1) is 11.2. The van der Waals surface area contributed by atoms with Gasteiger partial charge in [0.15, 0.2) is 11.5 Å². The van der Waals surface area contributed by atoms with Crippen LogP contribution in [-0.2, 0) is 10.3 Å². The second-order valence-electron chi connectivity index (χ2n) is 7.06. The highest BCUT2D eigenvalue weighted by Crippen LogP contribution is 2.36. The molecule has 1 heterocycles. The number of nitriles is 1. The van der Waals surface area contributed by atoms with E-state index in [1.54, 1.807) is 0 Å². The van der Waals surface area contributed by atoms with Crippen LogP contribution >= 0.6 is 0 Å². The van der Waals surface area contributed by atoms with Crippen LogP contribution in [-0.4, -0.2) is 32.9 Å². The number of piperidine rings is 1. The maximum absolute atomic E-state index is 12.5. The standard InChI is InChI=1S/C17H24N2O4S/c1-17(2,3)14-7-9-19(10-8-14)24(20,21)23-15-6-5-13(12-18)11-16(15)22-4/h5-6,11,14H,7-10H2,1-4H3. The maximum Gasteiger partial charge on any atom is 0.385 e. The van der Waals surface area contributed by atoms with Crippen molar-refractivity contribution in [1.82, 2.24) is 4.31 Å². The van der Waals surface area contributed by atoms with Crippen LogP contribution in [0.4, 0.5) is 0 Å². The lowest BCUT2D eigenvalue weighted by molar-refractivity contribution is 0.149. The minimum Gasteiger partial charge on any atom is -0.493 e. The third kappa shape index (κ3) is 4.19. The summed E-state index contributed by atoms with van der Waals surface area (Å²) in [4.78, 5) is 0. The molecule has 1 aromatic rings. The molecule has 24 heavy (non-hydrogen) atoms. The number of nitrogens with zero attached hydrogens (tertiary/aromatic N) is 2. The molecule has 0 bridgehead atoms. The van der Waals surface area contributed by atoms with Crippen molar-refractivity contribution < 1.29 is 17.3 Å². The van der Waals surface area contributed by atoms with Gasteiger partial charge in [0.1, 0.15) is 0 Å². The Morgan fingerprint density at radius 1 is 1.21 bits per heavy atom. The molecule has 7 heteroatoms. The molecule has 0 aliphatic carbocycles. The Morgan fingerprint density at radius 3 is 2.33 bits per heavy atom. The lowest BCUT2D eigenvalue weighted by Gasteiger charge is -2.37. The van der Waals surface area contributed by atoms with Crippen LogP contribution in [0.15, 0.2) is 18.2 Å². The van der Waals surface area contributed by atoms with Crippen LogP contribution in [0.2, 0.25) is 0 Å². The van der Waals surface area contributed by atoms with Gasteiger partial charge in [0.2, 0.25) is 0 Å². The molecule has 1 aliphatic rings. The molecule has 0 radical (unpaired) electrons. The van der Waals surface area contributed by atoms with Crippen molar-refractivity contribution in [3.8, 4) is 17.6 Å². The van der Waals surface area contributed by atoms with Gasteiger partial charge in [0, 0.05) is 19.2 Å². The number of ether oxygens (including phenoxy) is 1. The molecule has 0 amide bonds. The number of hydrogen-bond donors (Lipinski definition) is 0. The number of rotatable bonds is 4. The third-order valence-corrected chi connectivity index (χ3v) is 5.87. The smallest absolute Gasteiger partial charge is 0.385 e. The molecular formula is C17H24N2O4S. The summed E-state index contributed by atoms with van der Waals surface area (Å²) in [5.74, 6) is 0.810. The van der Waals surface area contributed by atoms with Gasteiger partial charge in [-0.2, -0.15) is 18.0 Å². The first kappa shape index (κ1) is 18.6. The summed E-state index contributed by atoms with van der Waals surface area (Å²) >= 11 is 0. The lowest BCUT2D eigenvalue weighted by Crippen LogP contribution is -2.43. The Balaban J connectivity index is 2.12. The van der Waals surface area contributed by atoms with E-state index in [1.807, 2.05) is 6.07 Å². The fraction of sp³-hybridized carbons (Fsp3) is 0.588. The maximum atomic E-state index is 12.5. The summed E-state index contributed by atoms with van der Waals surface area (Å²) < 4.78 is 36.8. The van der Waals surface area contributed by atoms with Crippen molar-refractivity contribution in [1.29, 1.82) is 5.26 Å². The quantitative estimate of drug-likeness (QED) is 0.832. The molecule has 0 aromatic heterocycles. The molecule has 132 valence electrons. The van der Waals surface area contributed by atoms with E-state index < -0.39 is 10.3 Å². The normalized spacial score (nSPS) is 17.3. The largest absolute Gasteiger partial charge is 0.493 e. The van der Waals surface area contributed by atoms with Crippen LogP contribution in [0.3, 0.4) is 0 Å². The van der Waals surface area contributed by atoms with E-state index in [9.17, 15) is 8.42 Å².